The van der Waals surface area contributed by atoms with Crippen LogP contribution in [-0.2, 0) is 9.53 Å². The number of allylic oxidation sites excluding steroid dienone is 1. The second kappa shape index (κ2) is 12.8. The van der Waals surface area contributed by atoms with Crippen LogP contribution >= 0.6 is 0 Å². The number of rotatable bonds is 11. The molecule has 40 heavy (non-hydrogen) atoms. The minimum Gasteiger partial charge on any atom is -0.491 e. The van der Waals surface area contributed by atoms with Crippen molar-refractivity contribution in [3.63, 3.8) is 0 Å². The molecular weight excluding hydrogens is 532 g/mol. The molecule has 0 amide bonds. The highest BCUT2D eigenvalue weighted by atomic mass is 19.4. The zero-order chi connectivity index (χ0) is 29.4. The first-order valence-corrected chi connectivity index (χ1v) is 11.6. The Morgan fingerprint density at radius 3 is 2.23 bits per heavy atom. The lowest BCUT2D eigenvalue weighted by Gasteiger charge is -2.23. The van der Waals surface area contributed by atoms with Crippen LogP contribution in [0, 0.1) is 5.82 Å². The Morgan fingerprint density at radius 2 is 1.68 bits per heavy atom. The summed E-state index contributed by atoms with van der Waals surface area (Å²) in [5.74, 6) is -2.16. The highest BCUT2D eigenvalue weighted by Gasteiger charge is 2.43. The van der Waals surface area contributed by atoms with Gasteiger partial charge in [-0.05, 0) is 47.5 Å². The van der Waals surface area contributed by atoms with E-state index in [1.54, 1.807) is 6.07 Å². The summed E-state index contributed by atoms with van der Waals surface area (Å²) in [7, 11) is 0. The number of hydrogen-bond acceptors (Lipinski definition) is 5. The number of halogens is 4. The fourth-order valence-electron chi connectivity index (χ4n) is 3.48. The van der Waals surface area contributed by atoms with Crippen molar-refractivity contribution >= 4 is 17.6 Å². The Hall–Kier alpha value is -4.84. The molecule has 0 aliphatic heterocycles. The van der Waals surface area contributed by atoms with E-state index in [2.05, 4.69) is 11.6 Å². The molecule has 0 fully saturated rings. The van der Waals surface area contributed by atoms with Crippen molar-refractivity contribution in [2.75, 3.05) is 6.61 Å². The number of carboxylic acids is 1. The van der Waals surface area contributed by atoms with Crippen molar-refractivity contribution in [2.24, 2.45) is 22.2 Å². The van der Waals surface area contributed by atoms with E-state index in [0.717, 1.165) is 6.08 Å². The van der Waals surface area contributed by atoms with Gasteiger partial charge in [-0.1, -0.05) is 43.0 Å². The van der Waals surface area contributed by atoms with Gasteiger partial charge in [0.1, 0.15) is 30.0 Å². The van der Waals surface area contributed by atoms with Gasteiger partial charge in [-0.25, -0.2) is 9.38 Å². The maximum Gasteiger partial charge on any atom is 0.429 e. The van der Waals surface area contributed by atoms with E-state index in [0.29, 0.717) is 22.4 Å². The van der Waals surface area contributed by atoms with Crippen molar-refractivity contribution in [1.82, 2.24) is 0 Å². The minimum atomic E-state index is -4.80. The number of benzene rings is 3. The van der Waals surface area contributed by atoms with Crippen molar-refractivity contribution in [1.29, 1.82) is 0 Å². The number of nitrogens with two attached hydrogens (primary N) is 3. The van der Waals surface area contributed by atoms with Crippen LogP contribution in [0.3, 0.4) is 0 Å². The molecule has 0 saturated carbocycles. The summed E-state index contributed by atoms with van der Waals surface area (Å²) in [6.07, 6.45) is -6.04. The fraction of sp³-hybridized carbons (Fsp3) is 0.143. The van der Waals surface area contributed by atoms with Gasteiger partial charge in [-0.3, -0.25) is 4.79 Å². The van der Waals surface area contributed by atoms with Gasteiger partial charge in [0.25, 0.3) is 0 Å². The van der Waals surface area contributed by atoms with Gasteiger partial charge in [0.2, 0.25) is 6.10 Å². The van der Waals surface area contributed by atoms with Crippen LogP contribution in [0.5, 0.6) is 5.75 Å². The number of alkyl halides is 3. The molecule has 0 aliphatic rings. The highest BCUT2D eigenvalue weighted by molar-refractivity contribution is 5.84. The first kappa shape index (κ1) is 29.7. The smallest absolute Gasteiger partial charge is 0.429 e. The molecule has 3 aromatic carbocycles. The van der Waals surface area contributed by atoms with E-state index in [-0.39, 0.29) is 29.6 Å². The third kappa shape index (κ3) is 8.33. The van der Waals surface area contributed by atoms with E-state index in [4.69, 9.17) is 31.8 Å². The molecule has 0 bridgehead atoms. The molecule has 3 aromatic rings. The van der Waals surface area contributed by atoms with Gasteiger partial charge in [-0.2, -0.15) is 13.2 Å². The maximum atomic E-state index is 14.0. The fourth-order valence-corrected chi connectivity index (χ4v) is 3.48. The zero-order valence-electron chi connectivity index (χ0n) is 20.9. The lowest BCUT2D eigenvalue weighted by atomic mass is 10.0. The quantitative estimate of drug-likeness (QED) is 0.0875. The van der Waals surface area contributed by atoms with E-state index in [1.807, 2.05) is 0 Å². The first-order valence-electron chi connectivity index (χ1n) is 11.6. The standard InChI is InChI=1S/C28H26F4N4O4/c1-16(13-24(36-27(34)35)18-9-11-22(12-10-18)39-15-23(33)26(37)38)40-25(28(30,31)32)19-7-5-17(6-8-19)20-3-2-4-21(29)14-20/h2-14,23,25H,1,15,33H2,(H,37,38)(H4,34,35,36)/b24-13-/t23-,25+/m0/s1. The summed E-state index contributed by atoms with van der Waals surface area (Å²) in [4.78, 5) is 14.8. The summed E-state index contributed by atoms with van der Waals surface area (Å²) in [5.41, 5.74) is 17.6. The van der Waals surface area contributed by atoms with Crippen LogP contribution in [0.15, 0.2) is 96.2 Å². The average molecular weight is 559 g/mol. The molecule has 8 nitrogen and oxygen atoms in total. The average Bonchev–Trinajstić information content (AvgIpc) is 2.89. The molecule has 3 rings (SSSR count). The summed E-state index contributed by atoms with van der Waals surface area (Å²) < 4.78 is 66.0. The molecule has 0 saturated heterocycles. The number of carboxylic acid groups (broad SMARTS) is 1. The van der Waals surface area contributed by atoms with Gasteiger partial charge >= 0.3 is 12.1 Å². The van der Waals surface area contributed by atoms with Gasteiger partial charge in [0, 0.05) is 17.2 Å². The predicted octanol–water partition coefficient (Wildman–Crippen LogP) is 4.73. The lowest BCUT2D eigenvalue weighted by Crippen LogP contribution is -2.36. The van der Waals surface area contributed by atoms with Crippen LogP contribution in [0.1, 0.15) is 17.2 Å². The highest BCUT2D eigenvalue weighted by Crippen LogP contribution is 2.38. The Morgan fingerprint density at radius 1 is 1.02 bits per heavy atom. The number of guanidine groups is 1. The molecule has 0 unspecified atom stereocenters. The third-order valence-electron chi connectivity index (χ3n) is 5.38. The first-order chi connectivity index (χ1) is 18.8. The minimum absolute atomic E-state index is 0.0427. The van der Waals surface area contributed by atoms with E-state index in [1.165, 1.54) is 66.7 Å². The van der Waals surface area contributed by atoms with Crippen LogP contribution in [0.2, 0.25) is 0 Å². The molecule has 0 aromatic heterocycles. The second-order valence-electron chi connectivity index (χ2n) is 8.48. The monoisotopic (exact) mass is 558 g/mol. The number of ether oxygens (including phenoxy) is 2. The lowest BCUT2D eigenvalue weighted by molar-refractivity contribution is -0.211. The largest absolute Gasteiger partial charge is 0.491 e. The van der Waals surface area contributed by atoms with Crippen molar-refractivity contribution in [3.8, 4) is 16.9 Å². The SMILES string of the molecule is C=C(/C=C(\N=C(N)N)c1ccc(OC[C@H](N)C(=O)O)cc1)O[C@H](c1ccc(-c2cccc(F)c2)cc1)C(F)(F)F. The summed E-state index contributed by atoms with van der Waals surface area (Å²) in [6.45, 7) is 3.30. The van der Waals surface area contributed by atoms with E-state index < -0.39 is 30.1 Å². The van der Waals surface area contributed by atoms with Crippen LogP contribution in [-0.4, -0.2) is 35.9 Å². The number of aliphatic imine (C=N–C) groups is 1. The number of nitrogens with zero attached hydrogens (tertiary/aromatic N) is 1. The molecule has 0 aliphatic carbocycles. The van der Waals surface area contributed by atoms with E-state index in [9.17, 15) is 22.4 Å². The van der Waals surface area contributed by atoms with Gasteiger partial charge in [0.05, 0.1) is 5.70 Å². The topological polar surface area (TPSA) is 146 Å². The number of hydrogen-bond donors (Lipinski definition) is 4. The van der Waals surface area contributed by atoms with Gasteiger partial charge < -0.3 is 31.8 Å². The van der Waals surface area contributed by atoms with Crippen LogP contribution in [0.4, 0.5) is 17.6 Å². The van der Waals surface area contributed by atoms with Gasteiger partial charge in [-0.15, -0.1) is 0 Å². The van der Waals surface area contributed by atoms with Crippen molar-refractivity contribution in [2.45, 2.75) is 18.3 Å². The Labute approximate surface area is 227 Å². The molecular formula is C28H26F4N4O4. The van der Waals surface area contributed by atoms with Crippen molar-refractivity contribution < 1.29 is 36.9 Å². The van der Waals surface area contributed by atoms with Crippen LogP contribution < -0.4 is 21.9 Å². The molecule has 0 spiro atoms. The second-order valence-corrected chi connectivity index (χ2v) is 8.48. The molecule has 2 atom stereocenters. The Kier molecular flexibility index (Phi) is 9.51. The molecule has 0 heterocycles. The molecule has 12 heteroatoms. The predicted molar refractivity (Wildman–Crippen MR) is 142 cm³/mol. The zero-order valence-corrected chi connectivity index (χ0v) is 20.9. The summed E-state index contributed by atoms with van der Waals surface area (Å²) >= 11 is 0. The summed E-state index contributed by atoms with van der Waals surface area (Å²) in [5, 5.41) is 8.84. The molecule has 0 radical (unpaired) electrons. The van der Waals surface area contributed by atoms with Crippen molar-refractivity contribution in [3.05, 3.63) is 108 Å². The maximum absolute atomic E-state index is 14.0. The molecule has 7 N–H and O–H groups in total. The number of carbonyl (C=O) groups is 1. The Bertz CT molecular complexity index is 1400. The number of aliphatic carboxylic acids is 1. The van der Waals surface area contributed by atoms with E-state index >= 15 is 0 Å². The molecule has 210 valence electrons. The third-order valence-corrected chi connectivity index (χ3v) is 5.38. The summed E-state index contributed by atoms with van der Waals surface area (Å²) in [6, 6.07) is 15.7. The normalized spacial score (nSPS) is 13.2. The van der Waals surface area contributed by atoms with Gasteiger partial charge in [0.15, 0.2) is 5.96 Å². The Balaban J connectivity index is 1.82. The van der Waals surface area contributed by atoms with Crippen LogP contribution in [0.25, 0.3) is 16.8 Å².